The molecule has 1 N–H and O–H groups in total. The van der Waals surface area contributed by atoms with Gasteiger partial charge in [0.2, 0.25) is 0 Å². The lowest BCUT2D eigenvalue weighted by molar-refractivity contribution is -0.125. The molecule has 4 rings (SSSR count). The van der Waals surface area contributed by atoms with E-state index in [1.807, 2.05) is 24.4 Å². The molecule has 0 saturated carbocycles. The zero-order valence-corrected chi connectivity index (χ0v) is 20.0. The number of nitrogens with one attached hydrogen (secondary N) is 1. The predicted octanol–water partition coefficient (Wildman–Crippen LogP) is 3.07. The van der Waals surface area contributed by atoms with Crippen LogP contribution in [0, 0.1) is 0 Å². The first-order chi connectivity index (χ1) is 16.5. The van der Waals surface area contributed by atoms with Gasteiger partial charge in [0, 0.05) is 25.7 Å². The van der Waals surface area contributed by atoms with E-state index in [0.717, 1.165) is 4.88 Å². The van der Waals surface area contributed by atoms with Gasteiger partial charge >= 0.3 is 12.1 Å². The third kappa shape index (κ3) is 5.19. The van der Waals surface area contributed by atoms with Crippen LogP contribution in [-0.2, 0) is 20.8 Å². The monoisotopic (exact) mass is 485 g/mol. The summed E-state index contributed by atoms with van der Waals surface area (Å²) in [6.45, 7) is 5.27. The normalized spacial score (nSPS) is 14.2. The van der Waals surface area contributed by atoms with Crippen LogP contribution in [0.4, 0.5) is 4.79 Å². The number of hydrogen-bond donors (Lipinski definition) is 1. The van der Waals surface area contributed by atoms with Crippen LogP contribution in [0.15, 0.2) is 29.8 Å². The molecule has 0 aliphatic carbocycles. The topological polar surface area (TPSA) is 116 Å². The highest BCUT2D eigenvalue weighted by Crippen LogP contribution is 2.28. The van der Waals surface area contributed by atoms with Crippen molar-refractivity contribution in [3.05, 3.63) is 35.3 Å². The van der Waals surface area contributed by atoms with E-state index in [-0.39, 0.29) is 18.0 Å². The second kappa shape index (κ2) is 10.6. The number of piperidine rings is 1. The number of likely N-dealkylation sites (tertiary alicyclic amines) is 1. The molecule has 1 aliphatic heterocycles. The molecule has 0 bridgehead atoms. The SMILES string of the molecule is CCOC(=O)N1CCC(NC(=O)COC(=O)c2cc(-c3cccs3)nc3c2cnn3CC)CC1. The van der Waals surface area contributed by atoms with Crippen LogP contribution >= 0.6 is 11.3 Å². The van der Waals surface area contributed by atoms with E-state index >= 15 is 0 Å². The number of fused-ring (bicyclic) bond motifs is 1. The van der Waals surface area contributed by atoms with E-state index in [9.17, 15) is 14.4 Å². The Labute approximate surface area is 200 Å². The number of carbonyl (C=O) groups is 3. The first kappa shape index (κ1) is 23.7. The Bertz CT molecular complexity index is 1170. The van der Waals surface area contributed by atoms with Gasteiger partial charge in [-0.3, -0.25) is 4.79 Å². The molecule has 0 radical (unpaired) electrons. The summed E-state index contributed by atoms with van der Waals surface area (Å²) in [6, 6.07) is 5.45. The first-order valence-corrected chi connectivity index (χ1v) is 12.2. The standard InChI is InChI=1S/C23H27N5O5S/c1-3-28-21-17(13-24-28)16(12-18(26-21)19-6-5-11-34-19)22(30)33-14-20(29)25-15-7-9-27(10-8-15)23(31)32-4-2/h5-6,11-13,15H,3-4,7-10,14H2,1-2H3,(H,25,29). The van der Waals surface area contributed by atoms with Gasteiger partial charge in [0.15, 0.2) is 12.3 Å². The maximum Gasteiger partial charge on any atom is 0.409 e. The van der Waals surface area contributed by atoms with Crippen LogP contribution in [0.1, 0.15) is 37.0 Å². The van der Waals surface area contributed by atoms with Crippen LogP contribution in [-0.4, -0.2) is 70.0 Å². The number of aryl methyl sites for hydroxylation is 1. The second-order valence-electron chi connectivity index (χ2n) is 7.83. The Kier molecular flexibility index (Phi) is 7.41. The van der Waals surface area contributed by atoms with Crippen LogP contribution in [0.2, 0.25) is 0 Å². The fraction of sp³-hybridized carbons (Fsp3) is 0.435. The Morgan fingerprint density at radius 2 is 2.00 bits per heavy atom. The number of ether oxygens (including phenoxy) is 2. The Balaban J connectivity index is 1.38. The number of nitrogens with zero attached hydrogens (tertiary/aromatic N) is 4. The van der Waals surface area contributed by atoms with Crippen LogP contribution in [0.25, 0.3) is 21.6 Å². The summed E-state index contributed by atoms with van der Waals surface area (Å²) in [5.74, 6) is -0.982. The summed E-state index contributed by atoms with van der Waals surface area (Å²) in [6.07, 6.45) is 2.49. The average molecular weight is 486 g/mol. The molecule has 3 aromatic rings. The molecule has 0 spiro atoms. The van der Waals surface area contributed by atoms with E-state index in [1.54, 1.807) is 28.8 Å². The molecule has 1 aliphatic rings. The van der Waals surface area contributed by atoms with Gasteiger partial charge in [-0.2, -0.15) is 5.10 Å². The summed E-state index contributed by atoms with van der Waals surface area (Å²) in [7, 11) is 0. The number of amides is 2. The van der Waals surface area contributed by atoms with Crippen LogP contribution < -0.4 is 5.32 Å². The lowest BCUT2D eigenvalue weighted by Crippen LogP contribution is -2.47. The van der Waals surface area contributed by atoms with Crippen molar-refractivity contribution in [2.45, 2.75) is 39.3 Å². The van der Waals surface area contributed by atoms with Gasteiger partial charge in [-0.15, -0.1) is 11.3 Å². The van der Waals surface area contributed by atoms with Crippen molar-refractivity contribution in [2.75, 3.05) is 26.3 Å². The third-order valence-corrected chi connectivity index (χ3v) is 6.52. The number of esters is 1. The molecular formula is C23H27N5O5S. The number of carbonyl (C=O) groups excluding carboxylic acids is 3. The van der Waals surface area contributed by atoms with Crippen molar-refractivity contribution in [1.29, 1.82) is 0 Å². The van der Waals surface area contributed by atoms with Gasteiger partial charge in [0.25, 0.3) is 5.91 Å². The number of hydrogen-bond acceptors (Lipinski definition) is 8. The molecule has 0 aromatic carbocycles. The van der Waals surface area contributed by atoms with Crippen molar-refractivity contribution >= 4 is 40.3 Å². The Morgan fingerprint density at radius 1 is 1.21 bits per heavy atom. The van der Waals surface area contributed by atoms with Gasteiger partial charge in [-0.1, -0.05) is 6.07 Å². The van der Waals surface area contributed by atoms with Crippen molar-refractivity contribution < 1.29 is 23.9 Å². The molecule has 0 unspecified atom stereocenters. The van der Waals surface area contributed by atoms with Gasteiger partial charge in [-0.25, -0.2) is 19.3 Å². The molecule has 3 aromatic heterocycles. The van der Waals surface area contributed by atoms with E-state index < -0.39 is 12.6 Å². The first-order valence-electron chi connectivity index (χ1n) is 11.3. The van der Waals surface area contributed by atoms with Gasteiger partial charge in [-0.05, 0) is 44.2 Å². The third-order valence-electron chi connectivity index (χ3n) is 5.62. The van der Waals surface area contributed by atoms with E-state index in [2.05, 4.69) is 15.4 Å². The summed E-state index contributed by atoms with van der Waals surface area (Å²) in [5.41, 5.74) is 1.57. The summed E-state index contributed by atoms with van der Waals surface area (Å²) < 4.78 is 12.1. The maximum absolute atomic E-state index is 12.9. The fourth-order valence-corrected chi connectivity index (χ4v) is 4.58. The lowest BCUT2D eigenvalue weighted by atomic mass is 10.1. The van der Waals surface area contributed by atoms with Gasteiger partial charge in [0.05, 0.1) is 34.3 Å². The van der Waals surface area contributed by atoms with Crippen LogP contribution in [0.5, 0.6) is 0 Å². The quantitative estimate of drug-likeness (QED) is 0.511. The molecule has 2 amide bonds. The number of thiophene rings is 1. The second-order valence-corrected chi connectivity index (χ2v) is 8.78. The molecule has 4 heterocycles. The number of aromatic nitrogens is 3. The molecule has 11 heteroatoms. The highest BCUT2D eigenvalue weighted by atomic mass is 32.1. The van der Waals surface area contributed by atoms with Crippen molar-refractivity contribution in [3.63, 3.8) is 0 Å². The van der Waals surface area contributed by atoms with Gasteiger partial charge < -0.3 is 19.7 Å². The lowest BCUT2D eigenvalue weighted by Gasteiger charge is -2.31. The Hall–Kier alpha value is -3.47. The molecule has 0 atom stereocenters. The minimum Gasteiger partial charge on any atom is -0.452 e. The molecule has 180 valence electrons. The van der Waals surface area contributed by atoms with E-state index in [0.29, 0.717) is 61.4 Å². The highest BCUT2D eigenvalue weighted by molar-refractivity contribution is 7.13. The maximum atomic E-state index is 12.9. The average Bonchev–Trinajstić information content (AvgIpc) is 3.52. The minimum atomic E-state index is -0.604. The molecule has 1 fully saturated rings. The zero-order chi connectivity index (χ0) is 24.1. The smallest absolute Gasteiger partial charge is 0.409 e. The summed E-state index contributed by atoms with van der Waals surface area (Å²) in [5, 5.41) is 9.72. The van der Waals surface area contributed by atoms with Crippen molar-refractivity contribution in [1.82, 2.24) is 25.0 Å². The van der Waals surface area contributed by atoms with Crippen molar-refractivity contribution in [3.8, 4) is 10.6 Å². The number of pyridine rings is 1. The fourth-order valence-electron chi connectivity index (χ4n) is 3.90. The minimum absolute atomic E-state index is 0.0854. The molecular weight excluding hydrogens is 458 g/mol. The zero-order valence-electron chi connectivity index (χ0n) is 19.2. The molecule has 10 nitrogen and oxygen atoms in total. The number of rotatable bonds is 7. The molecule has 34 heavy (non-hydrogen) atoms. The van der Waals surface area contributed by atoms with Crippen molar-refractivity contribution in [2.24, 2.45) is 0 Å². The van der Waals surface area contributed by atoms with Crippen LogP contribution in [0.3, 0.4) is 0 Å². The van der Waals surface area contributed by atoms with E-state index in [1.165, 1.54) is 11.3 Å². The van der Waals surface area contributed by atoms with Gasteiger partial charge in [0.1, 0.15) is 0 Å². The predicted molar refractivity (Wildman–Crippen MR) is 127 cm³/mol. The Morgan fingerprint density at radius 3 is 2.68 bits per heavy atom. The highest BCUT2D eigenvalue weighted by Gasteiger charge is 2.25. The molecule has 1 saturated heterocycles. The summed E-state index contributed by atoms with van der Waals surface area (Å²) >= 11 is 1.52. The van der Waals surface area contributed by atoms with E-state index in [4.69, 9.17) is 9.47 Å². The summed E-state index contributed by atoms with van der Waals surface area (Å²) in [4.78, 5) is 44.4. The largest absolute Gasteiger partial charge is 0.452 e.